The third-order valence-electron chi connectivity index (χ3n) is 3.13. The van der Waals surface area contributed by atoms with Crippen LogP contribution in [-0.2, 0) is 4.79 Å². The molecule has 1 unspecified atom stereocenters. The predicted octanol–water partition coefficient (Wildman–Crippen LogP) is 3.33. The molecule has 0 radical (unpaired) electrons. The standard InChI is InChI=1S/C14H21NO2S/c1-14(2,3)13(16)15-7-6-12(18-10-8-15)11-5-4-9-17-11/h4-5,9,12H,6-8,10H2,1-3H3. The summed E-state index contributed by atoms with van der Waals surface area (Å²) >= 11 is 1.89. The first-order chi connectivity index (χ1) is 8.48. The van der Waals surface area contributed by atoms with Crippen molar-refractivity contribution in [1.29, 1.82) is 0 Å². The SMILES string of the molecule is CC(C)(C)C(=O)N1CCSC(c2ccco2)CC1. The van der Waals surface area contributed by atoms with E-state index in [9.17, 15) is 4.79 Å². The van der Waals surface area contributed by atoms with Crippen LogP contribution in [0.2, 0.25) is 0 Å². The zero-order chi connectivity index (χ0) is 13.2. The lowest BCUT2D eigenvalue weighted by atomic mass is 9.94. The minimum atomic E-state index is -0.283. The lowest BCUT2D eigenvalue weighted by Crippen LogP contribution is -2.40. The minimum Gasteiger partial charge on any atom is -0.468 e. The highest BCUT2D eigenvalue weighted by atomic mass is 32.2. The van der Waals surface area contributed by atoms with E-state index in [1.807, 2.05) is 49.6 Å². The molecule has 4 heteroatoms. The van der Waals surface area contributed by atoms with Crippen LogP contribution in [0.5, 0.6) is 0 Å². The normalized spacial score (nSPS) is 21.7. The average molecular weight is 267 g/mol. The molecule has 1 amide bonds. The van der Waals surface area contributed by atoms with Gasteiger partial charge >= 0.3 is 0 Å². The first-order valence-corrected chi connectivity index (χ1v) is 7.48. The summed E-state index contributed by atoms with van der Waals surface area (Å²) in [5.41, 5.74) is -0.283. The van der Waals surface area contributed by atoms with Gasteiger partial charge in [-0.3, -0.25) is 4.79 Å². The molecule has 0 bridgehead atoms. The molecular formula is C14H21NO2S. The molecule has 0 spiro atoms. The van der Waals surface area contributed by atoms with Gasteiger partial charge in [0.1, 0.15) is 5.76 Å². The summed E-state index contributed by atoms with van der Waals surface area (Å²) in [5.74, 6) is 2.26. The first kappa shape index (κ1) is 13.5. The second kappa shape index (κ2) is 5.39. The summed E-state index contributed by atoms with van der Waals surface area (Å²) in [7, 11) is 0. The Balaban J connectivity index is 1.99. The van der Waals surface area contributed by atoms with Crippen molar-refractivity contribution in [3.63, 3.8) is 0 Å². The number of hydrogen-bond donors (Lipinski definition) is 0. The molecule has 1 aromatic heterocycles. The number of amides is 1. The number of carbonyl (C=O) groups excluding carboxylic acids is 1. The van der Waals surface area contributed by atoms with Crippen molar-refractivity contribution >= 4 is 17.7 Å². The lowest BCUT2D eigenvalue weighted by molar-refractivity contribution is -0.139. The molecule has 1 aliphatic heterocycles. The van der Waals surface area contributed by atoms with Crippen LogP contribution < -0.4 is 0 Å². The topological polar surface area (TPSA) is 33.5 Å². The van der Waals surface area contributed by atoms with Crippen molar-refractivity contribution in [1.82, 2.24) is 4.90 Å². The Kier molecular flexibility index (Phi) is 4.05. The van der Waals surface area contributed by atoms with Gasteiger partial charge in [-0.15, -0.1) is 11.8 Å². The van der Waals surface area contributed by atoms with Gasteiger partial charge in [0.2, 0.25) is 5.91 Å². The van der Waals surface area contributed by atoms with Gasteiger partial charge in [0.15, 0.2) is 0 Å². The Labute approximate surface area is 113 Å². The van der Waals surface area contributed by atoms with Crippen molar-refractivity contribution in [3.05, 3.63) is 24.2 Å². The van der Waals surface area contributed by atoms with Crippen LogP contribution >= 0.6 is 11.8 Å². The Morgan fingerprint density at radius 1 is 1.44 bits per heavy atom. The van der Waals surface area contributed by atoms with Gasteiger partial charge in [-0.2, -0.15) is 0 Å². The maximum Gasteiger partial charge on any atom is 0.227 e. The van der Waals surface area contributed by atoms with Crippen LogP contribution in [0.1, 0.15) is 38.2 Å². The van der Waals surface area contributed by atoms with E-state index < -0.39 is 0 Å². The summed E-state index contributed by atoms with van der Waals surface area (Å²) in [6, 6.07) is 3.96. The molecule has 3 nitrogen and oxygen atoms in total. The van der Waals surface area contributed by atoms with E-state index >= 15 is 0 Å². The Bertz CT molecular complexity index is 394. The van der Waals surface area contributed by atoms with Crippen LogP contribution in [0, 0.1) is 5.41 Å². The third-order valence-corrected chi connectivity index (χ3v) is 4.42. The highest BCUT2D eigenvalue weighted by Crippen LogP contribution is 2.35. The van der Waals surface area contributed by atoms with E-state index in [0.717, 1.165) is 31.0 Å². The van der Waals surface area contributed by atoms with Crippen molar-refractivity contribution in [2.45, 2.75) is 32.4 Å². The number of nitrogens with zero attached hydrogens (tertiary/aromatic N) is 1. The monoisotopic (exact) mass is 267 g/mol. The molecule has 2 heterocycles. The van der Waals surface area contributed by atoms with E-state index in [-0.39, 0.29) is 11.3 Å². The quantitative estimate of drug-likeness (QED) is 0.782. The van der Waals surface area contributed by atoms with Gasteiger partial charge < -0.3 is 9.32 Å². The zero-order valence-corrected chi connectivity index (χ0v) is 12.1. The summed E-state index contributed by atoms with van der Waals surface area (Å²) in [6.07, 6.45) is 2.69. The third kappa shape index (κ3) is 3.10. The lowest BCUT2D eigenvalue weighted by Gasteiger charge is -2.28. The second-order valence-corrected chi connectivity index (χ2v) is 7.02. The number of carbonyl (C=O) groups is 1. The van der Waals surface area contributed by atoms with Crippen LogP contribution in [0.25, 0.3) is 0 Å². The maximum absolute atomic E-state index is 12.3. The van der Waals surface area contributed by atoms with Crippen LogP contribution in [0.3, 0.4) is 0 Å². The maximum atomic E-state index is 12.3. The molecule has 2 rings (SSSR count). The Morgan fingerprint density at radius 2 is 2.22 bits per heavy atom. The van der Waals surface area contributed by atoms with E-state index in [0.29, 0.717) is 5.25 Å². The van der Waals surface area contributed by atoms with Gasteiger partial charge in [0.25, 0.3) is 0 Å². The molecule has 1 saturated heterocycles. The summed E-state index contributed by atoms with van der Waals surface area (Å²) in [4.78, 5) is 14.3. The Morgan fingerprint density at radius 3 is 2.83 bits per heavy atom. The fraction of sp³-hybridized carbons (Fsp3) is 0.643. The second-order valence-electron chi connectivity index (χ2n) is 5.71. The number of furan rings is 1. The summed E-state index contributed by atoms with van der Waals surface area (Å²) < 4.78 is 5.47. The molecule has 1 aromatic rings. The molecular weight excluding hydrogens is 246 g/mol. The largest absolute Gasteiger partial charge is 0.468 e. The molecule has 18 heavy (non-hydrogen) atoms. The van der Waals surface area contributed by atoms with Crippen molar-refractivity contribution in [2.75, 3.05) is 18.8 Å². The predicted molar refractivity (Wildman–Crippen MR) is 74.6 cm³/mol. The van der Waals surface area contributed by atoms with Crippen molar-refractivity contribution < 1.29 is 9.21 Å². The first-order valence-electron chi connectivity index (χ1n) is 6.43. The molecule has 0 aromatic carbocycles. The van der Waals surface area contributed by atoms with Crippen molar-refractivity contribution in [2.24, 2.45) is 5.41 Å². The fourth-order valence-corrected chi connectivity index (χ4v) is 3.33. The molecule has 1 aliphatic rings. The van der Waals surface area contributed by atoms with Crippen LogP contribution in [0.15, 0.2) is 22.8 Å². The summed E-state index contributed by atoms with van der Waals surface area (Å²) in [6.45, 7) is 7.62. The average Bonchev–Trinajstić information content (AvgIpc) is 2.72. The molecule has 1 fully saturated rings. The number of thioether (sulfide) groups is 1. The smallest absolute Gasteiger partial charge is 0.227 e. The molecule has 0 saturated carbocycles. The molecule has 0 aliphatic carbocycles. The molecule has 0 N–H and O–H groups in total. The molecule has 1 atom stereocenters. The zero-order valence-electron chi connectivity index (χ0n) is 11.3. The Hall–Kier alpha value is -0.900. The van der Waals surface area contributed by atoms with Gasteiger partial charge in [-0.25, -0.2) is 0 Å². The number of rotatable bonds is 1. The van der Waals surface area contributed by atoms with Gasteiger partial charge in [0, 0.05) is 24.3 Å². The van der Waals surface area contributed by atoms with E-state index in [2.05, 4.69) is 0 Å². The van der Waals surface area contributed by atoms with Gasteiger partial charge in [-0.1, -0.05) is 20.8 Å². The highest BCUT2D eigenvalue weighted by Gasteiger charge is 2.29. The van der Waals surface area contributed by atoms with Crippen molar-refractivity contribution in [3.8, 4) is 0 Å². The van der Waals surface area contributed by atoms with Crippen LogP contribution in [-0.4, -0.2) is 29.6 Å². The number of hydrogen-bond acceptors (Lipinski definition) is 3. The summed E-state index contributed by atoms with van der Waals surface area (Å²) in [5, 5.41) is 0.387. The van der Waals surface area contributed by atoms with Gasteiger partial charge in [-0.05, 0) is 18.6 Å². The molecule has 100 valence electrons. The van der Waals surface area contributed by atoms with E-state index in [1.54, 1.807) is 6.26 Å². The van der Waals surface area contributed by atoms with Crippen LogP contribution in [0.4, 0.5) is 0 Å². The van der Waals surface area contributed by atoms with Gasteiger partial charge in [0.05, 0.1) is 11.5 Å². The van der Waals surface area contributed by atoms with E-state index in [4.69, 9.17) is 4.42 Å². The fourth-order valence-electron chi connectivity index (χ4n) is 2.15. The minimum absolute atomic E-state index is 0.253. The van der Waals surface area contributed by atoms with E-state index in [1.165, 1.54) is 0 Å². The highest BCUT2D eigenvalue weighted by molar-refractivity contribution is 7.99.